The lowest BCUT2D eigenvalue weighted by molar-refractivity contribution is -0.120. The zero-order valence-electron chi connectivity index (χ0n) is 10.2. The van der Waals surface area contributed by atoms with Crippen LogP contribution in [-0.2, 0) is 9.59 Å². The number of anilines is 1. The summed E-state index contributed by atoms with van der Waals surface area (Å²) in [4.78, 5) is 24.7. The van der Waals surface area contributed by atoms with Crippen LogP contribution in [0.2, 0.25) is 0 Å². The van der Waals surface area contributed by atoms with Crippen LogP contribution in [0, 0.1) is 19.8 Å². The van der Waals surface area contributed by atoms with E-state index in [1.165, 1.54) is 0 Å². The number of nitrogens with zero attached hydrogens (tertiary/aromatic N) is 1. The summed E-state index contributed by atoms with van der Waals surface area (Å²) >= 11 is 8.93. The van der Waals surface area contributed by atoms with Crippen LogP contribution in [0.3, 0.4) is 0 Å². The molecule has 1 aromatic rings. The van der Waals surface area contributed by atoms with Gasteiger partial charge in [0.1, 0.15) is 0 Å². The van der Waals surface area contributed by atoms with Crippen molar-refractivity contribution in [2.75, 3.05) is 11.4 Å². The fraction of sp³-hybridized carbons (Fsp3) is 0.385. The summed E-state index contributed by atoms with van der Waals surface area (Å²) in [6, 6.07) is 3.81. The standard InChI is InChI=1S/C13H13BrClNO2/c1-7-8(2)11(4-3-10(7)14)16-6-9(13(15)18)5-12(16)17/h3-4,9H,5-6H2,1-2H3. The van der Waals surface area contributed by atoms with Crippen molar-refractivity contribution >= 4 is 44.4 Å². The van der Waals surface area contributed by atoms with E-state index in [1.54, 1.807) is 4.90 Å². The Morgan fingerprint density at radius 3 is 2.61 bits per heavy atom. The first-order valence-corrected chi connectivity index (χ1v) is 6.84. The summed E-state index contributed by atoms with van der Waals surface area (Å²) < 4.78 is 1.01. The second-order valence-corrected chi connectivity index (χ2v) is 5.75. The number of rotatable bonds is 2. The second kappa shape index (κ2) is 5.02. The summed E-state index contributed by atoms with van der Waals surface area (Å²) in [6.45, 7) is 4.34. The van der Waals surface area contributed by atoms with Crippen molar-refractivity contribution in [1.82, 2.24) is 0 Å². The van der Waals surface area contributed by atoms with Crippen LogP contribution in [0.5, 0.6) is 0 Å². The molecular formula is C13H13BrClNO2. The van der Waals surface area contributed by atoms with E-state index in [2.05, 4.69) is 15.9 Å². The minimum absolute atomic E-state index is 0.0428. The zero-order chi connectivity index (χ0) is 13.4. The molecule has 0 saturated carbocycles. The molecule has 0 spiro atoms. The number of halogens is 2. The van der Waals surface area contributed by atoms with Crippen molar-refractivity contribution < 1.29 is 9.59 Å². The van der Waals surface area contributed by atoms with Crippen molar-refractivity contribution in [2.24, 2.45) is 5.92 Å². The Kier molecular flexibility index (Phi) is 3.78. The predicted molar refractivity (Wildman–Crippen MR) is 74.9 cm³/mol. The lowest BCUT2D eigenvalue weighted by Gasteiger charge is -2.20. The van der Waals surface area contributed by atoms with Gasteiger partial charge in [0.2, 0.25) is 11.1 Å². The molecule has 1 aliphatic heterocycles. The Morgan fingerprint density at radius 2 is 2.06 bits per heavy atom. The molecule has 1 unspecified atom stereocenters. The number of amides is 1. The van der Waals surface area contributed by atoms with Crippen molar-refractivity contribution in [3.8, 4) is 0 Å². The first kappa shape index (κ1) is 13.6. The number of benzene rings is 1. The highest BCUT2D eigenvalue weighted by molar-refractivity contribution is 9.10. The van der Waals surface area contributed by atoms with E-state index in [0.29, 0.717) is 6.54 Å². The molecule has 1 amide bonds. The molecule has 96 valence electrons. The largest absolute Gasteiger partial charge is 0.311 e. The molecule has 1 heterocycles. The van der Waals surface area contributed by atoms with Gasteiger partial charge in [-0.15, -0.1) is 0 Å². The van der Waals surface area contributed by atoms with E-state index in [4.69, 9.17) is 11.6 Å². The third-order valence-electron chi connectivity index (χ3n) is 3.43. The quantitative estimate of drug-likeness (QED) is 0.781. The van der Waals surface area contributed by atoms with Crippen LogP contribution in [-0.4, -0.2) is 17.7 Å². The molecule has 3 nitrogen and oxygen atoms in total. The molecule has 0 bridgehead atoms. The van der Waals surface area contributed by atoms with Crippen molar-refractivity contribution in [3.63, 3.8) is 0 Å². The van der Waals surface area contributed by atoms with Gasteiger partial charge in [0, 0.05) is 23.1 Å². The molecule has 0 N–H and O–H groups in total. The van der Waals surface area contributed by atoms with E-state index in [1.807, 2.05) is 26.0 Å². The van der Waals surface area contributed by atoms with Crippen molar-refractivity contribution in [1.29, 1.82) is 0 Å². The predicted octanol–water partition coefficient (Wildman–Crippen LogP) is 3.18. The number of carbonyl (C=O) groups excluding carboxylic acids is 2. The summed E-state index contributed by atoms with van der Waals surface area (Å²) in [5.41, 5.74) is 3.00. The molecule has 2 rings (SSSR count). The van der Waals surface area contributed by atoms with E-state index in [9.17, 15) is 9.59 Å². The van der Waals surface area contributed by atoms with Gasteiger partial charge < -0.3 is 4.90 Å². The van der Waals surface area contributed by atoms with E-state index in [-0.39, 0.29) is 18.2 Å². The summed E-state index contributed by atoms with van der Waals surface area (Å²) in [5.74, 6) is -0.429. The van der Waals surface area contributed by atoms with Crippen molar-refractivity contribution in [3.05, 3.63) is 27.7 Å². The Bertz CT molecular complexity index is 530. The minimum atomic E-state index is -0.433. The van der Waals surface area contributed by atoms with Crippen LogP contribution in [0.4, 0.5) is 5.69 Å². The van der Waals surface area contributed by atoms with Gasteiger partial charge in [0.05, 0.1) is 5.92 Å². The fourth-order valence-electron chi connectivity index (χ4n) is 2.16. The van der Waals surface area contributed by atoms with Crippen LogP contribution >= 0.6 is 27.5 Å². The Hall–Kier alpha value is -0.870. The van der Waals surface area contributed by atoms with Crippen LogP contribution in [0.1, 0.15) is 17.5 Å². The van der Waals surface area contributed by atoms with Crippen LogP contribution < -0.4 is 4.90 Å². The van der Waals surface area contributed by atoms with Gasteiger partial charge in [-0.2, -0.15) is 0 Å². The highest BCUT2D eigenvalue weighted by Crippen LogP contribution is 2.32. The summed E-state index contributed by atoms with van der Waals surface area (Å²) in [6.07, 6.45) is 0.205. The van der Waals surface area contributed by atoms with Crippen LogP contribution in [0.25, 0.3) is 0 Å². The molecule has 1 fully saturated rings. The third kappa shape index (κ3) is 2.31. The molecule has 0 radical (unpaired) electrons. The maximum atomic E-state index is 11.9. The highest BCUT2D eigenvalue weighted by atomic mass is 79.9. The molecule has 1 aromatic carbocycles. The fourth-order valence-corrected chi connectivity index (χ4v) is 2.73. The summed E-state index contributed by atoms with van der Waals surface area (Å²) in [5, 5.41) is -0.433. The monoisotopic (exact) mass is 329 g/mol. The molecular weight excluding hydrogens is 318 g/mol. The van der Waals surface area contributed by atoms with Gasteiger partial charge in [-0.1, -0.05) is 15.9 Å². The van der Waals surface area contributed by atoms with Gasteiger partial charge >= 0.3 is 0 Å². The Balaban J connectivity index is 2.36. The smallest absolute Gasteiger partial charge is 0.227 e. The van der Waals surface area contributed by atoms with E-state index >= 15 is 0 Å². The SMILES string of the molecule is Cc1c(Br)ccc(N2CC(C(=O)Cl)CC2=O)c1C. The maximum Gasteiger partial charge on any atom is 0.227 e. The maximum absolute atomic E-state index is 11.9. The molecule has 18 heavy (non-hydrogen) atoms. The first-order valence-electron chi connectivity index (χ1n) is 5.67. The zero-order valence-corrected chi connectivity index (χ0v) is 12.5. The summed E-state index contributed by atoms with van der Waals surface area (Å²) in [7, 11) is 0. The second-order valence-electron chi connectivity index (χ2n) is 4.53. The van der Waals surface area contributed by atoms with E-state index in [0.717, 1.165) is 21.3 Å². The third-order valence-corrected chi connectivity index (χ3v) is 4.60. The molecule has 1 aliphatic rings. The molecule has 1 atom stereocenters. The first-order chi connectivity index (χ1) is 8.41. The normalized spacial score (nSPS) is 19.4. The topological polar surface area (TPSA) is 37.4 Å². The Morgan fingerprint density at radius 1 is 1.39 bits per heavy atom. The number of carbonyl (C=O) groups is 2. The van der Waals surface area contributed by atoms with Crippen LogP contribution in [0.15, 0.2) is 16.6 Å². The lowest BCUT2D eigenvalue weighted by atomic mass is 10.1. The average molecular weight is 331 g/mol. The van der Waals surface area contributed by atoms with Gasteiger partial charge in [-0.05, 0) is 48.7 Å². The average Bonchev–Trinajstić information content (AvgIpc) is 2.69. The van der Waals surface area contributed by atoms with Gasteiger partial charge in [0.25, 0.3) is 0 Å². The van der Waals surface area contributed by atoms with Crippen molar-refractivity contribution in [2.45, 2.75) is 20.3 Å². The Labute approximate surface area is 119 Å². The lowest BCUT2D eigenvalue weighted by Crippen LogP contribution is -2.26. The molecule has 0 aliphatic carbocycles. The van der Waals surface area contributed by atoms with Gasteiger partial charge in [0.15, 0.2) is 0 Å². The number of hydrogen-bond acceptors (Lipinski definition) is 2. The van der Waals surface area contributed by atoms with E-state index < -0.39 is 5.24 Å². The molecule has 0 aromatic heterocycles. The minimum Gasteiger partial charge on any atom is -0.311 e. The molecule has 5 heteroatoms. The van der Waals surface area contributed by atoms with Gasteiger partial charge in [-0.25, -0.2) is 0 Å². The molecule has 1 saturated heterocycles. The number of hydrogen-bond donors (Lipinski definition) is 0. The highest BCUT2D eigenvalue weighted by Gasteiger charge is 2.35. The van der Waals surface area contributed by atoms with Gasteiger partial charge in [-0.3, -0.25) is 9.59 Å².